The zero-order chi connectivity index (χ0) is 16.4. The number of nitrogens with zero attached hydrogens (tertiary/aromatic N) is 3. The average molecular weight is 312 g/mol. The molecule has 1 aliphatic heterocycles. The Morgan fingerprint density at radius 3 is 2.87 bits per heavy atom. The quantitative estimate of drug-likeness (QED) is 0.934. The van der Waals surface area contributed by atoms with Gasteiger partial charge in [-0.3, -0.25) is 4.68 Å². The molecule has 122 valence electrons. The monoisotopic (exact) mass is 312 g/mol. The van der Waals surface area contributed by atoms with Gasteiger partial charge in [0.2, 0.25) is 0 Å². The van der Waals surface area contributed by atoms with Gasteiger partial charge in [0, 0.05) is 25.0 Å². The summed E-state index contributed by atoms with van der Waals surface area (Å²) in [5, 5.41) is 7.38. The lowest BCUT2D eigenvalue weighted by Crippen LogP contribution is -2.35. The van der Waals surface area contributed by atoms with Crippen LogP contribution in [-0.2, 0) is 6.54 Å². The Kier molecular flexibility index (Phi) is 4.37. The normalized spacial score (nSPS) is 17.5. The van der Waals surface area contributed by atoms with Gasteiger partial charge in [-0.05, 0) is 62.9 Å². The molecule has 1 fully saturated rings. The summed E-state index contributed by atoms with van der Waals surface area (Å²) < 4.78 is 1.98. The number of carbonyl (C=O) groups excluding carboxylic acids is 1. The van der Waals surface area contributed by atoms with Gasteiger partial charge in [0.05, 0.1) is 11.7 Å². The van der Waals surface area contributed by atoms with Gasteiger partial charge in [-0.1, -0.05) is 6.07 Å². The number of likely N-dealkylation sites (tertiary alicyclic amines) is 1. The summed E-state index contributed by atoms with van der Waals surface area (Å²) in [6, 6.07) is 8.13. The van der Waals surface area contributed by atoms with Crippen LogP contribution >= 0.6 is 0 Å². The second-order valence-electron chi connectivity index (χ2n) is 6.15. The van der Waals surface area contributed by atoms with E-state index >= 15 is 0 Å². The molecular weight excluding hydrogens is 288 g/mol. The molecule has 1 aromatic heterocycles. The number of amides is 2. The second kappa shape index (κ2) is 6.44. The van der Waals surface area contributed by atoms with Gasteiger partial charge in [-0.15, -0.1) is 0 Å². The third-order valence-electron chi connectivity index (χ3n) is 4.66. The molecule has 5 nitrogen and oxygen atoms in total. The van der Waals surface area contributed by atoms with Gasteiger partial charge in [0.25, 0.3) is 0 Å². The molecule has 1 N–H and O–H groups in total. The van der Waals surface area contributed by atoms with Gasteiger partial charge < -0.3 is 10.2 Å². The lowest BCUT2D eigenvalue weighted by molar-refractivity contribution is 0.204. The van der Waals surface area contributed by atoms with Crippen LogP contribution in [0.3, 0.4) is 0 Å². The molecule has 0 aliphatic carbocycles. The first-order valence-electron chi connectivity index (χ1n) is 8.26. The van der Waals surface area contributed by atoms with Gasteiger partial charge in [-0.2, -0.15) is 5.10 Å². The van der Waals surface area contributed by atoms with Crippen molar-refractivity contribution in [2.24, 2.45) is 0 Å². The smallest absolute Gasteiger partial charge is 0.316 e. The lowest BCUT2D eigenvalue weighted by Gasteiger charge is -2.25. The van der Waals surface area contributed by atoms with E-state index in [4.69, 9.17) is 0 Å². The molecule has 23 heavy (non-hydrogen) atoms. The summed E-state index contributed by atoms with van der Waals surface area (Å²) in [4.78, 5) is 14.6. The summed E-state index contributed by atoms with van der Waals surface area (Å²) in [5.41, 5.74) is 4.40. The molecule has 5 heteroatoms. The molecule has 2 heterocycles. The fourth-order valence-electron chi connectivity index (χ4n) is 3.22. The predicted octanol–water partition coefficient (Wildman–Crippen LogP) is 3.89. The number of carbonyl (C=O) groups is 1. The highest BCUT2D eigenvalue weighted by molar-refractivity contribution is 5.90. The molecule has 1 unspecified atom stereocenters. The Balaban J connectivity index is 1.77. The average Bonchev–Trinajstić information content (AvgIpc) is 3.18. The highest BCUT2D eigenvalue weighted by Crippen LogP contribution is 2.32. The van der Waals surface area contributed by atoms with Crippen molar-refractivity contribution in [1.29, 1.82) is 0 Å². The Morgan fingerprint density at radius 2 is 2.13 bits per heavy atom. The first-order valence-corrected chi connectivity index (χ1v) is 8.26. The third-order valence-corrected chi connectivity index (χ3v) is 4.66. The maximum absolute atomic E-state index is 12.7. The fourth-order valence-corrected chi connectivity index (χ4v) is 3.22. The SMILES string of the molecule is CCn1nccc1C1CCCN1C(=O)Nc1ccc(C)c(C)c1. The number of urea groups is 1. The number of aryl methyl sites for hydroxylation is 3. The Hall–Kier alpha value is -2.30. The summed E-state index contributed by atoms with van der Waals surface area (Å²) >= 11 is 0. The van der Waals surface area contributed by atoms with Crippen LogP contribution in [0.15, 0.2) is 30.5 Å². The summed E-state index contributed by atoms with van der Waals surface area (Å²) in [6.07, 6.45) is 3.84. The number of rotatable bonds is 3. The van der Waals surface area contributed by atoms with Crippen molar-refractivity contribution < 1.29 is 4.79 Å². The number of anilines is 1. The van der Waals surface area contributed by atoms with E-state index in [1.165, 1.54) is 11.1 Å². The number of aromatic nitrogens is 2. The molecule has 1 aliphatic rings. The molecule has 0 saturated carbocycles. The zero-order valence-electron chi connectivity index (χ0n) is 14.0. The highest BCUT2D eigenvalue weighted by atomic mass is 16.2. The Bertz CT molecular complexity index is 707. The number of hydrogen-bond donors (Lipinski definition) is 1. The first kappa shape index (κ1) is 15.6. The number of benzene rings is 1. The van der Waals surface area contributed by atoms with E-state index in [9.17, 15) is 4.79 Å². The van der Waals surface area contributed by atoms with Gasteiger partial charge in [-0.25, -0.2) is 4.79 Å². The van der Waals surface area contributed by atoms with Crippen LogP contribution in [0, 0.1) is 13.8 Å². The minimum atomic E-state index is -0.0281. The highest BCUT2D eigenvalue weighted by Gasteiger charge is 2.32. The Morgan fingerprint density at radius 1 is 1.30 bits per heavy atom. The molecular formula is C18H24N4O. The topological polar surface area (TPSA) is 50.2 Å². The molecule has 0 bridgehead atoms. The van der Waals surface area contributed by atoms with Crippen molar-refractivity contribution in [1.82, 2.24) is 14.7 Å². The fraction of sp³-hybridized carbons (Fsp3) is 0.444. The van der Waals surface area contributed by atoms with Crippen LogP contribution in [0.25, 0.3) is 0 Å². The largest absolute Gasteiger partial charge is 0.322 e. The summed E-state index contributed by atoms with van der Waals surface area (Å²) in [6.45, 7) is 7.82. The van der Waals surface area contributed by atoms with Crippen LogP contribution in [0.5, 0.6) is 0 Å². The molecule has 2 aromatic rings. The van der Waals surface area contributed by atoms with Crippen molar-refractivity contribution in [2.45, 2.75) is 46.2 Å². The van der Waals surface area contributed by atoms with E-state index < -0.39 is 0 Å². The zero-order valence-corrected chi connectivity index (χ0v) is 14.0. The lowest BCUT2D eigenvalue weighted by atomic mass is 10.1. The van der Waals surface area contributed by atoms with E-state index in [0.717, 1.165) is 37.3 Å². The summed E-state index contributed by atoms with van der Waals surface area (Å²) in [7, 11) is 0. The predicted molar refractivity (Wildman–Crippen MR) is 91.5 cm³/mol. The maximum Gasteiger partial charge on any atom is 0.322 e. The summed E-state index contributed by atoms with van der Waals surface area (Å²) in [5.74, 6) is 0. The maximum atomic E-state index is 12.7. The van der Waals surface area contributed by atoms with Crippen LogP contribution in [0.1, 0.15) is 42.6 Å². The molecule has 1 saturated heterocycles. The van der Waals surface area contributed by atoms with Gasteiger partial charge in [0.15, 0.2) is 0 Å². The molecule has 1 aromatic carbocycles. The third kappa shape index (κ3) is 3.09. The van der Waals surface area contributed by atoms with Crippen LogP contribution in [0.4, 0.5) is 10.5 Å². The molecule has 2 amide bonds. The van der Waals surface area contributed by atoms with E-state index in [1.54, 1.807) is 0 Å². The van der Waals surface area contributed by atoms with Crippen LogP contribution in [-0.4, -0.2) is 27.3 Å². The van der Waals surface area contributed by atoms with Crippen molar-refractivity contribution >= 4 is 11.7 Å². The molecule has 0 radical (unpaired) electrons. The first-order chi connectivity index (χ1) is 11.1. The number of hydrogen-bond acceptors (Lipinski definition) is 2. The van der Waals surface area contributed by atoms with E-state index in [-0.39, 0.29) is 12.1 Å². The number of nitrogens with one attached hydrogen (secondary N) is 1. The second-order valence-corrected chi connectivity index (χ2v) is 6.15. The molecule has 0 spiro atoms. The van der Waals surface area contributed by atoms with Crippen molar-refractivity contribution in [3.05, 3.63) is 47.3 Å². The molecule has 3 rings (SSSR count). The van der Waals surface area contributed by atoms with Crippen LogP contribution < -0.4 is 5.32 Å². The van der Waals surface area contributed by atoms with Gasteiger partial charge >= 0.3 is 6.03 Å². The minimum Gasteiger partial charge on any atom is -0.316 e. The van der Waals surface area contributed by atoms with E-state index in [2.05, 4.69) is 31.2 Å². The van der Waals surface area contributed by atoms with Gasteiger partial charge in [0.1, 0.15) is 0 Å². The van der Waals surface area contributed by atoms with E-state index in [1.807, 2.05) is 40.0 Å². The van der Waals surface area contributed by atoms with Crippen molar-refractivity contribution in [3.63, 3.8) is 0 Å². The van der Waals surface area contributed by atoms with Crippen molar-refractivity contribution in [3.8, 4) is 0 Å². The standard InChI is InChI=1S/C18H24N4O/c1-4-22-17(9-10-19-22)16-6-5-11-21(16)18(23)20-15-8-7-13(2)14(3)12-15/h7-10,12,16H,4-6,11H2,1-3H3,(H,20,23). The van der Waals surface area contributed by atoms with Crippen molar-refractivity contribution in [2.75, 3.05) is 11.9 Å². The van der Waals surface area contributed by atoms with E-state index in [0.29, 0.717) is 0 Å². The molecule has 1 atom stereocenters. The van der Waals surface area contributed by atoms with Crippen LogP contribution in [0.2, 0.25) is 0 Å². The Labute approximate surface area is 137 Å². The minimum absolute atomic E-state index is 0.0281.